The monoisotopic (exact) mass is 208 g/mol. The molecule has 0 unspecified atom stereocenters. The Morgan fingerprint density at radius 1 is 1.38 bits per heavy atom. The standard InChI is InChI=1S/C7H12O5S/c1-3(8)12-7-6(11)5(10)4(9)2-13-7/h4-7,9-11H,2H2,1H3/t4-,5+,6-,7-/m1/s1. The van der Waals surface area contributed by atoms with Gasteiger partial charge in [-0.3, -0.25) is 4.79 Å². The summed E-state index contributed by atoms with van der Waals surface area (Å²) in [6.45, 7) is 1.23. The van der Waals surface area contributed by atoms with E-state index >= 15 is 0 Å². The van der Waals surface area contributed by atoms with Gasteiger partial charge in [0, 0.05) is 12.7 Å². The Kier molecular flexibility index (Phi) is 3.55. The van der Waals surface area contributed by atoms with E-state index in [-0.39, 0.29) is 5.75 Å². The van der Waals surface area contributed by atoms with Crippen molar-refractivity contribution in [2.45, 2.75) is 30.7 Å². The smallest absolute Gasteiger partial charge is 0.303 e. The van der Waals surface area contributed by atoms with Gasteiger partial charge < -0.3 is 20.1 Å². The molecule has 0 aliphatic carbocycles. The fourth-order valence-electron chi connectivity index (χ4n) is 1.05. The Labute approximate surface area is 79.7 Å². The van der Waals surface area contributed by atoms with Crippen molar-refractivity contribution in [2.24, 2.45) is 0 Å². The van der Waals surface area contributed by atoms with Gasteiger partial charge in [0.05, 0.1) is 6.10 Å². The lowest BCUT2D eigenvalue weighted by atomic mass is 10.1. The maximum atomic E-state index is 10.6. The Morgan fingerprint density at radius 2 is 2.00 bits per heavy atom. The van der Waals surface area contributed by atoms with Gasteiger partial charge in [0.25, 0.3) is 0 Å². The van der Waals surface area contributed by atoms with E-state index in [1.807, 2.05) is 0 Å². The lowest BCUT2D eigenvalue weighted by molar-refractivity contribution is -0.153. The summed E-state index contributed by atoms with van der Waals surface area (Å²) in [5.74, 6) is -0.268. The van der Waals surface area contributed by atoms with Gasteiger partial charge in [-0.05, 0) is 0 Å². The molecule has 3 N–H and O–H groups in total. The predicted molar refractivity (Wildman–Crippen MR) is 46.0 cm³/mol. The van der Waals surface area contributed by atoms with Gasteiger partial charge >= 0.3 is 5.97 Å². The number of hydrogen-bond acceptors (Lipinski definition) is 6. The number of esters is 1. The Hall–Kier alpha value is -0.300. The van der Waals surface area contributed by atoms with E-state index in [1.54, 1.807) is 0 Å². The highest BCUT2D eigenvalue weighted by molar-refractivity contribution is 7.99. The highest BCUT2D eigenvalue weighted by Gasteiger charge is 2.38. The second kappa shape index (κ2) is 4.28. The van der Waals surface area contributed by atoms with Crippen molar-refractivity contribution in [3.8, 4) is 0 Å². The van der Waals surface area contributed by atoms with Gasteiger partial charge in [-0.15, -0.1) is 11.8 Å². The summed E-state index contributed by atoms with van der Waals surface area (Å²) < 4.78 is 4.73. The van der Waals surface area contributed by atoms with Gasteiger partial charge in [-0.25, -0.2) is 0 Å². The molecule has 0 aromatic carbocycles. The van der Waals surface area contributed by atoms with Crippen molar-refractivity contribution < 1.29 is 24.9 Å². The van der Waals surface area contributed by atoms with Crippen LogP contribution in [0.3, 0.4) is 0 Å². The average Bonchev–Trinajstić information content (AvgIpc) is 2.06. The molecule has 5 nitrogen and oxygen atoms in total. The first-order valence-electron chi connectivity index (χ1n) is 3.85. The van der Waals surface area contributed by atoms with Gasteiger partial charge in [0.2, 0.25) is 0 Å². The van der Waals surface area contributed by atoms with Crippen molar-refractivity contribution in [2.75, 3.05) is 5.75 Å². The van der Waals surface area contributed by atoms with Crippen LogP contribution in [0.4, 0.5) is 0 Å². The van der Waals surface area contributed by atoms with Crippen LogP contribution in [-0.4, -0.2) is 50.8 Å². The maximum absolute atomic E-state index is 10.6. The molecule has 1 aliphatic heterocycles. The molecular formula is C7H12O5S. The first kappa shape index (κ1) is 10.8. The lowest BCUT2D eigenvalue weighted by Gasteiger charge is -2.33. The predicted octanol–water partition coefficient (Wildman–Crippen LogP) is -1.29. The number of hydrogen-bond donors (Lipinski definition) is 3. The lowest BCUT2D eigenvalue weighted by Crippen LogP contribution is -2.50. The van der Waals surface area contributed by atoms with Crippen molar-refractivity contribution in [3.05, 3.63) is 0 Å². The van der Waals surface area contributed by atoms with E-state index in [4.69, 9.17) is 9.84 Å². The van der Waals surface area contributed by atoms with Crippen molar-refractivity contribution in [3.63, 3.8) is 0 Å². The molecule has 0 bridgehead atoms. The minimum Gasteiger partial charge on any atom is -0.449 e. The van der Waals surface area contributed by atoms with E-state index in [9.17, 15) is 15.0 Å². The number of aliphatic hydroxyl groups excluding tert-OH is 3. The molecule has 0 spiro atoms. The second-order valence-corrected chi connectivity index (χ2v) is 3.99. The molecule has 1 heterocycles. The van der Waals surface area contributed by atoms with Crippen LogP contribution in [0, 0.1) is 0 Å². The van der Waals surface area contributed by atoms with Gasteiger partial charge in [0.15, 0.2) is 5.44 Å². The Morgan fingerprint density at radius 3 is 2.54 bits per heavy atom. The zero-order valence-corrected chi connectivity index (χ0v) is 7.90. The quantitative estimate of drug-likeness (QED) is 0.465. The molecule has 0 radical (unpaired) electrons. The molecule has 0 aromatic heterocycles. The first-order valence-corrected chi connectivity index (χ1v) is 4.90. The largest absolute Gasteiger partial charge is 0.449 e. The summed E-state index contributed by atoms with van der Waals surface area (Å²) in [4.78, 5) is 10.6. The SMILES string of the molecule is CC(=O)O[C@@H]1SC[C@@H](O)[C@H](O)[C@H]1O. The van der Waals surface area contributed by atoms with E-state index < -0.39 is 29.7 Å². The second-order valence-electron chi connectivity index (χ2n) is 2.86. The number of aliphatic hydroxyl groups is 3. The molecule has 1 aliphatic rings. The minimum absolute atomic E-state index is 0.246. The molecular weight excluding hydrogens is 196 g/mol. The normalized spacial score (nSPS) is 40.0. The Bertz CT molecular complexity index is 197. The minimum atomic E-state index is -1.24. The fourth-order valence-corrected chi connectivity index (χ4v) is 2.19. The third-order valence-electron chi connectivity index (χ3n) is 1.74. The van der Waals surface area contributed by atoms with Crippen molar-refractivity contribution in [1.29, 1.82) is 0 Å². The van der Waals surface area contributed by atoms with Crippen LogP contribution in [0.2, 0.25) is 0 Å². The van der Waals surface area contributed by atoms with Crippen LogP contribution < -0.4 is 0 Å². The molecule has 76 valence electrons. The maximum Gasteiger partial charge on any atom is 0.303 e. The number of thioether (sulfide) groups is 1. The first-order chi connectivity index (χ1) is 6.02. The van der Waals surface area contributed by atoms with E-state index in [2.05, 4.69) is 0 Å². The third-order valence-corrected chi connectivity index (χ3v) is 2.97. The fraction of sp³-hybridized carbons (Fsp3) is 0.857. The summed E-state index contributed by atoms with van der Waals surface area (Å²) in [5.41, 5.74) is -0.782. The highest BCUT2D eigenvalue weighted by atomic mass is 32.2. The molecule has 1 fully saturated rings. The van der Waals surface area contributed by atoms with Crippen LogP contribution in [0.25, 0.3) is 0 Å². The van der Waals surface area contributed by atoms with E-state index in [0.717, 1.165) is 11.8 Å². The van der Waals surface area contributed by atoms with Crippen LogP contribution in [-0.2, 0) is 9.53 Å². The van der Waals surface area contributed by atoms with Crippen LogP contribution in [0.5, 0.6) is 0 Å². The van der Waals surface area contributed by atoms with E-state index in [0.29, 0.717) is 0 Å². The number of rotatable bonds is 1. The third kappa shape index (κ3) is 2.57. The van der Waals surface area contributed by atoms with Gasteiger partial charge in [-0.1, -0.05) is 0 Å². The zero-order chi connectivity index (χ0) is 10.0. The zero-order valence-electron chi connectivity index (χ0n) is 7.08. The summed E-state index contributed by atoms with van der Waals surface area (Å²) in [5, 5.41) is 27.7. The number of carbonyl (C=O) groups excluding carboxylic acids is 1. The molecule has 0 amide bonds. The van der Waals surface area contributed by atoms with Crippen molar-refractivity contribution in [1.82, 2.24) is 0 Å². The van der Waals surface area contributed by atoms with Crippen molar-refractivity contribution >= 4 is 17.7 Å². The molecule has 13 heavy (non-hydrogen) atoms. The van der Waals surface area contributed by atoms with Crippen LogP contribution in [0.1, 0.15) is 6.92 Å². The van der Waals surface area contributed by atoms with Crippen LogP contribution in [0.15, 0.2) is 0 Å². The topological polar surface area (TPSA) is 87.0 Å². The molecule has 0 saturated carbocycles. The number of carbonyl (C=O) groups is 1. The van der Waals surface area contributed by atoms with Gasteiger partial charge in [0.1, 0.15) is 12.2 Å². The highest BCUT2D eigenvalue weighted by Crippen LogP contribution is 2.27. The average molecular weight is 208 g/mol. The summed E-state index contributed by atoms with van der Waals surface area (Å²) in [7, 11) is 0. The summed E-state index contributed by atoms with van der Waals surface area (Å²) >= 11 is 1.11. The molecule has 1 saturated heterocycles. The molecule has 0 aromatic rings. The number of ether oxygens (including phenoxy) is 1. The van der Waals surface area contributed by atoms with E-state index in [1.165, 1.54) is 6.92 Å². The molecule has 1 rings (SSSR count). The molecule has 4 atom stereocenters. The Balaban J connectivity index is 2.53. The summed E-state index contributed by atoms with van der Waals surface area (Å²) in [6, 6.07) is 0. The van der Waals surface area contributed by atoms with Crippen LogP contribution >= 0.6 is 11.8 Å². The van der Waals surface area contributed by atoms with Gasteiger partial charge in [-0.2, -0.15) is 0 Å². The summed E-state index contributed by atoms with van der Waals surface area (Å²) in [6.07, 6.45) is -3.44. The molecule has 6 heteroatoms.